The summed E-state index contributed by atoms with van der Waals surface area (Å²) in [4.78, 5) is 0. The Morgan fingerprint density at radius 2 is 1.38 bits per heavy atom. The molecule has 0 spiro atoms. The lowest BCUT2D eigenvalue weighted by Crippen LogP contribution is -2.11. The maximum absolute atomic E-state index is 5.75. The molecule has 2 aromatic carbocycles. The van der Waals surface area contributed by atoms with Crippen molar-refractivity contribution in [2.24, 2.45) is 0 Å². The minimum atomic E-state index is 0.544. The van der Waals surface area contributed by atoms with Gasteiger partial charge in [0.2, 0.25) is 0 Å². The molecule has 0 saturated carbocycles. The lowest BCUT2D eigenvalue weighted by molar-refractivity contribution is 0.146. The van der Waals surface area contributed by atoms with E-state index in [1.807, 2.05) is 36.4 Å². The molecule has 4 nitrogen and oxygen atoms in total. The lowest BCUT2D eigenvalue weighted by atomic mass is 10.0. The third-order valence-corrected chi connectivity index (χ3v) is 3.66. The number of ether oxygens (including phenoxy) is 3. The highest BCUT2D eigenvalue weighted by atomic mass is 16.5. The molecule has 0 bridgehead atoms. The number of rotatable bonds is 10. The Morgan fingerprint density at radius 1 is 0.792 bits per heavy atom. The molecule has 0 heterocycles. The quantitative estimate of drug-likeness (QED) is 0.659. The summed E-state index contributed by atoms with van der Waals surface area (Å²) in [6.45, 7) is 6.90. The second-order valence-electron chi connectivity index (χ2n) is 5.86. The van der Waals surface area contributed by atoms with E-state index in [1.165, 1.54) is 5.56 Å². The van der Waals surface area contributed by atoms with E-state index in [4.69, 9.17) is 14.2 Å². The van der Waals surface area contributed by atoms with Crippen LogP contribution in [0.3, 0.4) is 0 Å². The topological polar surface area (TPSA) is 39.7 Å². The Morgan fingerprint density at radius 3 is 1.96 bits per heavy atom. The van der Waals surface area contributed by atoms with Crippen molar-refractivity contribution in [3.05, 3.63) is 54.1 Å². The summed E-state index contributed by atoms with van der Waals surface area (Å²) in [5, 5.41) is 3.33. The smallest absolute Gasteiger partial charge is 0.119 e. The number of benzene rings is 2. The Kier molecular flexibility index (Phi) is 7.43. The van der Waals surface area contributed by atoms with Gasteiger partial charge < -0.3 is 19.5 Å². The molecule has 0 saturated heterocycles. The third kappa shape index (κ3) is 6.13. The van der Waals surface area contributed by atoms with Gasteiger partial charge in [-0.2, -0.15) is 0 Å². The van der Waals surface area contributed by atoms with E-state index in [2.05, 4.69) is 31.3 Å². The average molecular weight is 329 g/mol. The summed E-state index contributed by atoms with van der Waals surface area (Å²) in [6, 6.07) is 16.2. The van der Waals surface area contributed by atoms with Crippen LogP contribution in [-0.2, 0) is 4.74 Å². The van der Waals surface area contributed by atoms with Crippen LogP contribution in [0.5, 0.6) is 11.5 Å². The Bertz CT molecular complexity index is 579. The first-order chi connectivity index (χ1) is 11.7. The van der Waals surface area contributed by atoms with Crippen LogP contribution in [-0.4, -0.2) is 33.5 Å². The summed E-state index contributed by atoms with van der Waals surface area (Å²) < 4.78 is 16.2. The largest absolute Gasteiger partial charge is 0.492 e. The van der Waals surface area contributed by atoms with Crippen LogP contribution < -0.4 is 14.8 Å². The number of anilines is 1. The molecule has 0 atom stereocenters. The summed E-state index contributed by atoms with van der Waals surface area (Å²) in [6.07, 6.45) is 0. The van der Waals surface area contributed by atoms with Crippen LogP contribution in [0.15, 0.2) is 48.5 Å². The van der Waals surface area contributed by atoms with Gasteiger partial charge in [-0.1, -0.05) is 26.0 Å². The van der Waals surface area contributed by atoms with Gasteiger partial charge in [0.1, 0.15) is 24.7 Å². The SMILES string of the molecule is COCCOc1ccc(NCCOc2ccc(C(C)C)cc2)cc1. The van der Waals surface area contributed by atoms with Gasteiger partial charge in [-0.15, -0.1) is 0 Å². The van der Waals surface area contributed by atoms with Gasteiger partial charge in [-0.25, -0.2) is 0 Å². The van der Waals surface area contributed by atoms with Gasteiger partial charge in [0.25, 0.3) is 0 Å². The average Bonchev–Trinajstić information content (AvgIpc) is 2.60. The lowest BCUT2D eigenvalue weighted by Gasteiger charge is -2.11. The van der Waals surface area contributed by atoms with Crippen molar-refractivity contribution < 1.29 is 14.2 Å². The fraction of sp³-hybridized carbons (Fsp3) is 0.400. The fourth-order valence-electron chi connectivity index (χ4n) is 2.23. The Labute approximate surface area is 144 Å². The molecule has 0 amide bonds. The molecule has 0 aliphatic carbocycles. The first-order valence-corrected chi connectivity index (χ1v) is 8.37. The molecule has 2 rings (SSSR count). The van der Waals surface area contributed by atoms with Gasteiger partial charge in [0.15, 0.2) is 0 Å². The van der Waals surface area contributed by atoms with Crippen LogP contribution in [0, 0.1) is 0 Å². The summed E-state index contributed by atoms with van der Waals surface area (Å²) in [5.41, 5.74) is 2.38. The molecule has 0 aromatic heterocycles. The zero-order chi connectivity index (χ0) is 17.2. The van der Waals surface area contributed by atoms with E-state index in [0.717, 1.165) is 23.7 Å². The Hall–Kier alpha value is -2.20. The fourth-order valence-corrected chi connectivity index (χ4v) is 2.23. The molecule has 0 unspecified atom stereocenters. The maximum atomic E-state index is 5.75. The molecule has 2 aromatic rings. The molecule has 4 heteroatoms. The predicted octanol–water partition coefficient (Wildman–Crippen LogP) is 4.33. The van der Waals surface area contributed by atoms with E-state index >= 15 is 0 Å². The molecule has 130 valence electrons. The van der Waals surface area contributed by atoms with Crippen LogP contribution >= 0.6 is 0 Å². The number of methoxy groups -OCH3 is 1. The molecular weight excluding hydrogens is 302 g/mol. The van der Waals surface area contributed by atoms with E-state index in [1.54, 1.807) is 7.11 Å². The van der Waals surface area contributed by atoms with Crippen molar-refractivity contribution in [1.29, 1.82) is 0 Å². The number of hydrogen-bond acceptors (Lipinski definition) is 4. The van der Waals surface area contributed by atoms with Crippen molar-refractivity contribution in [2.75, 3.05) is 38.8 Å². The predicted molar refractivity (Wildman–Crippen MR) is 98.3 cm³/mol. The molecule has 0 aliphatic heterocycles. The van der Waals surface area contributed by atoms with Gasteiger partial charge >= 0.3 is 0 Å². The highest BCUT2D eigenvalue weighted by molar-refractivity contribution is 5.46. The minimum absolute atomic E-state index is 0.544. The van der Waals surface area contributed by atoms with Gasteiger partial charge in [0, 0.05) is 19.3 Å². The molecule has 0 radical (unpaired) electrons. The van der Waals surface area contributed by atoms with Crippen LogP contribution in [0.4, 0.5) is 5.69 Å². The van der Waals surface area contributed by atoms with Gasteiger partial charge in [0.05, 0.1) is 6.61 Å². The highest BCUT2D eigenvalue weighted by Gasteiger charge is 2.00. The zero-order valence-corrected chi connectivity index (χ0v) is 14.7. The Balaban J connectivity index is 1.68. The summed E-state index contributed by atoms with van der Waals surface area (Å²) in [7, 11) is 1.66. The van der Waals surface area contributed by atoms with Gasteiger partial charge in [-0.3, -0.25) is 0 Å². The third-order valence-electron chi connectivity index (χ3n) is 3.66. The van der Waals surface area contributed by atoms with E-state index in [0.29, 0.717) is 25.7 Å². The van der Waals surface area contributed by atoms with Crippen LogP contribution in [0.2, 0.25) is 0 Å². The van der Waals surface area contributed by atoms with E-state index in [-0.39, 0.29) is 0 Å². The first kappa shape index (κ1) is 18.1. The van der Waals surface area contributed by atoms with Crippen molar-refractivity contribution in [3.63, 3.8) is 0 Å². The maximum Gasteiger partial charge on any atom is 0.119 e. The normalized spacial score (nSPS) is 10.7. The second-order valence-corrected chi connectivity index (χ2v) is 5.86. The number of hydrogen-bond donors (Lipinski definition) is 1. The van der Waals surface area contributed by atoms with Crippen molar-refractivity contribution >= 4 is 5.69 Å². The monoisotopic (exact) mass is 329 g/mol. The second kappa shape index (κ2) is 9.83. The summed E-state index contributed by atoms with van der Waals surface area (Å²) >= 11 is 0. The molecular formula is C20H27NO3. The molecule has 1 N–H and O–H groups in total. The van der Waals surface area contributed by atoms with Crippen molar-refractivity contribution in [2.45, 2.75) is 19.8 Å². The van der Waals surface area contributed by atoms with E-state index < -0.39 is 0 Å². The van der Waals surface area contributed by atoms with E-state index in [9.17, 15) is 0 Å². The zero-order valence-electron chi connectivity index (χ0n) is 14.7. The van der Waals surface area contributed by atoms with Crippen LogP contribution in [0.1, 0.15) is 25.3 Å². The molecule has 0 aliphatic rings. The minimum Gasteiger partial charge on any atom is -0.492 e. The summed E-state index contributed by atoms with van der Waals surface area (Å²) in [5.74, 6) is 2.30. The molecule has 24 heavy (non-hydrogen) atoms. The van der Waals surface area contributed by atoms with Crippen molar-refractivity contribution in [3.8, 4) is 11.5 Å². The standard InChI is InChI=1S/C20H27NO3/c1-16(2)17-4-8-19(9-5-17)23-13-12-21-18-6-10-20(11-7-18)24-15-14-22-3/h4-11,16,21H,12-15H2,1-3H3. The highest BCUT2D eigenvalue weighted by Crippen LogP contribution is 2.19. The first-order valence-electron chi connectivity index (χ1n) is 8.37. The molecule has 0 fully saturated rings. The number of nitrogens with one attached hydrogen (secondary N) is 1. The van der Waals surface area contributed by atoms with Crippen LogP contribution in [0.25, 0.3) is 0 Å². The van der Waals surface area contributed by atoms with Gasteiger partial charge in [-0.05, 0) is 47.9 Å². The van der Waals surface area contributed by atoms with Crippen molar-refractivity contribution in [1.82, 2.24) is 0 Å².